The standard InChI is InChI=1S/C14H20ClNO3/c1-2-8-19-13-5-3-4-12(11-13)14(17)16-7-10-18-9-6-15/h3-5,11H,2,6-10H2,1H3,(H,16,17). The first-order chi connectivity index (χ1) is 9.27. The van der Waals surface area contributed by atoms with E-state index in [1.54, 1.807) is 12.1 Å². The van der Waals surface area contributed by atoms with Gasteiger partial charge in [-0.2, -0.15) is 0 Å². The predicted molar refractivity (Wildman–Crippen MR) is 76.1 cm³/mol. The number of halogens is 1. The van der Waals surface area contributed by atoms with Gasteiger partial charge in [-0.3, -0.25) is 4.79 Å². The molecule has 19 heavy (non-hydrogen) atoms. The Labute approximate surface area is 119 Å². The van der Waals surface area contributed by atoms with Gasteiger partial charge in [-0.15, -0.1) is 11.6 Å². The number of hydrogen-bond acceptors (Lipinski definition) is 3. The average Bonchev–Trinajstić information content (AvgIpc) is 2.45. The quantitative estimate of drug-likeness (QED) is 0.560. The summed E-state index contributed by atoms with van der Waals surface area (Å²) in [7, 11) is 0. The lowest BCUT2D eigenvalue weighted by Gasteiger charge is -2.08. The fourth-order valence-corrected chi connectivity index (χ4v) is 1.55. The van der Waals surface area contributed by atoms with E-state index in [9.17, 15) is 4.79 Å². The van der Waals surface area contributed by atoms with Crippen LogP contribution in [-0.2, 0) is 4.74 Å². The monoisotopic (exact) mass is 285 g/mol. The Morgan fingerprint density at radius 2 is 2.16 bits per heavy atom. The highest BCUT2D eigenvalue weighted by atomic mass is 35.5. The van der Waals surface area contributed by atoms with Crippen molar-refractivity contribution in [3.05, 3.63) is 29.8 Å². The van der Waals surface area contributed by atoms with Crippen molar-refractivity contribution >= 4 is 17.5 Å². The summed E-state index contributed by atoms with van der Waals surface area (Å²) >= 11 is 5.47. The van der Waals surface area contributed by atoms with E-state index in [1.807, 2.05) is 19.1 Å². The Hall–Kier alpha value is -1.26. The Kier molecular flexibility index (Phi) is 8.02. The van der Waals surface area contributed by atoms with Crippen LogP contribution in [-0.4, -0.2) is 38.2 Å². The maximum Gasteiger partial charge on any atom is 0.251 e. The van der Waals surface area contributed by atoms with Crippen molar-refractivity contribution in [1.29, 1.82) is 0 Å². The Morgan fingerprint density at radius 1 is 1.32 bits per heavy atom. The zero-order chi connectivity index (χ0) is 13.9. The maximum absolute atomic E-state index is 11.9. The van der Waals surface area contributed by atoms with Crippen LogP contribution in [0.4, 0.5) is 0 Å². The van der Waals surface area contributed by atoms with Crippen molar-refractivity contribution in [2.24, 2.45) is 0 Å². The number of carbonyl (C=O) groups is 1. The highest BCUT2D eigenvalue weighted by Gasteiger charge is 2.05. The van der Waals surface area contributed by atoms with Crippen molar-refractivity contribution in [2.75, 3.05) is 32.2 Å². The number of hydrogen-bond donors (Lipinski definition) is 1. The summed E-state index contributed by atoms with van der Waals surface area (Å²) in [5, 5.41) is 2.78. The van der Waals surface area contributed by atoms with Gasteiger partial charge in [0.25, 0.3) is 5.91 Å². The summed E-state index contributed by atoms with van der Waals surface area (Å²) < 4.78 is 10.7. The van der Waals surface area contributed by atoms with Gasteiger partial charge in [-0.1, -0.05) is 13.0 Å². The molecule has 0 aliphatic heterocycles. The lowest BCUT2D eigenvalue weighted by Crippen LogP contribution is -2.27. The van der Waals surface area contributed by atoms with Crippen LogP contribution >= 0.6 is 11.6 Å². The van der Waals surface area contributed by atoms with E-state index < -0.39 is 0 Å². The first-order valence-electron chi connectivity index (χ1n) is 6.42. The van der Waals surface area contributed by atoms with Crippen molar-refractivity contribution in [3.8, 4) is 5.75 Å². The number of alkyl halides is 1. The molecule has 0 aliphatic carbocycles. The molecule has 0 saturated carbocycles. The van der Waals surface area contributed by atoms with Gasteiger partial charge in [0.1, 0.15) is 5.75 Å². The number of nitrogens with one attached hydrogen (secondary N) is 1. The Bertz CT molecular complexity index is 385. The second kappa shape index (κ2) is 9.64. The molecule has 0 atom stereocenters. The Morgan fingerprint density at radius 3 is 2.89 bits per heavy atom. The second-order valence-corrected chi connectivity index (χ2v) is 4.31. The minimum absolute atomic E-state index is 0.128. The second-order valence-electron chi connectivity index (χ2n) is 3.93. The van der Waals surface area contributed by atoms with Crippen LogP contribution in [0.2, 0.25) is 0 Å². The van der Waals surface area contributed by atoms with Crippen molar-refractivity contribution in [2.45, 2.75) is 13.3 Å². The molecule has 1 aromatic carbocycles. The molecule has 106 valence electrons. The van der Waals surface area contributed by atoms with Crippen molar-refractivity contribution in [3.63, 3.8) is 0 Å². The third-order valence-electron chi connectivity index (χ3n) is 2.32. The third-order valence-corrected chi connectivity index (χ3v) is 2.48. The molecule has 1 N–H and O–H groups in total. The van der Waals surface area contributed by atoms with Crippen LogP contribution < -0.4 is 10.1 Å². The molecule has 0 bridgehead atoms. The summed E-state index contributed by atoms with van der Waals surface area (Å²) in [5.41, 5.74) is 0.589. The van der Waals surface area contributed by atoms with E-state index in [2.05, 4.69) is 5.32 Å². The van der Waals surface area contributed by atoms with E-state index in [-0.39, 0.29) is 5.91 Å². The molecule has 0 fully saturated rings. The van der Waals surface area contributed by atoms with Gasteiger partial charge in [-0.25, -0.2) is 0 Å². The van der Waals surface area contributed by atoms with Gasteiger partial charge < -0.3 is 14.8 Å². The van der Waals surface area contributed by atoms with E-state index in [0.29, 0.717) is 43.6 Å². The lowest BCUT2D eigenvalue weighted by atomic mass is 10.2. The van der Waals surface area contributed by atoms with Gasteiger partial charge in [-0.05, 0) is 24.6 Å². The number of rotatable bonds is 9. The molecule has 0 aromatic heterocycles. The van der Waals surface area contributed by atoms with Crippen LogP contribution in [0.15, 0.2) is 24.3 Å². The SMILES string of the molecule is CCCOc1cccc(C(=O)NCCOCCCl)c1. The van der Waals surface area contributed by atoms with Crippen LogP contribution in [0.1, 0.15) is 23.7 Å². The molecule has 1 rings (SSSR count). The summed E-state index contributed by atoms with van der Waals surface area (Å²) in [5.74, 6) is 1.05. The minimum Gasteiger partial charge on any atom is -0.494 e. The molecule has 0 unspecified atom stereocenters. The molecule has 0 spiro atoms. The zero-order valence-corrected chi connectivity index (χ0v) is 11.9. The predicted octanol–water partition coefficient (Wildman–Crippen LogP) is 2.46. The molecule has 0 heterocycles. The first-order valence-corrected chi connectivity index (χ1v) is 6.96. The largest absolute Gasteiger partial charge is 0.494 e. The topological polar surface area (TPSA) is 47.6 Å². The normalized spacial score (nSPS) is 10.2. The molecule has 0 saturated heterocycles. The minimum atomic E-state index is -0.128. The molecule has 1 amide bonds. The summed E-state index contributed by atoms with van der Waals surface area (Å²) in [6.45, 7) is 4.12. The van der Waals surface area contributed by atoms with E-state index in [1.165, 1.54) is 0 Å². The molecule has 4 nitrogen and oxygen atoms in total. The summed E-state index contributed by atoms with van der Waals surface area (Å²) in [6, 6.07) is 7.15. The number of amides is 1. The number of carbonyl (C=O) groups excluding carboxylic acids is 1. The smallest absolute Gasteiger partial charge is 0.251 e. The Balaban J connectivity index is 2.38. The molecule has 0 aliphatic rings. The highest BCUT2D eigenvalue weighted by Crippen LogP contribution is 2.13. The molecule has 5 heteroatoms. The molecule has 1 aromatic rings. The van der Waals surface area contributed by atoms with Gasteiger partial charge in [0.2, 0.25) is 0 Å². The van der Waals surface area contributed by atoms with Crippen molar-refractivity contribution < 1.29 is 14.3 Å². The highest BCUT2D eigenvalue weighted by molar-refractivity contribution is 6.17. The van der Waals surface area contributed by atoms with Crippen LogP contribution in [0.5, 0.6) is 5.75 Å². The summed E-state index contributed by atoms with van der Waals surface area (Å²) in [6.07, 6.45) is 0.939. The van der Waals surface area contributed by atoms with Gasteiger partial charge in [0.15, 0.2) is 0 Å². The maximum atomic E-state index is 11.9. The molecular weight excluding hydrogens is 266 g/mol. The number of benzene rings is 1. The fourth-order valence-electron chi connectivity index (χ4n) is 1.44. The number of ether oxygens (including phenoxy) is 2. The van der Waals surface area contributed by atoms with E-state index in [0.717, 1.165) is 6.42 Å². The van der Waals surface area contributed by atoms with Gasteiger partial charge in [0, 0.05) is 18.0 Å². The first kappa shape index (κ1) is 15.8. The third kappa shape index (κ3) is 6.45. The van der Waals surface area contributed by atoms with Crippen LogP contribution in [0.3, 0.4) is 0 Å². The van der Waals surface area contributed by atoms with Crippen molar-refractivity contribution in [1.82, 2.24) is 5.32 Å². The van der Waals surface area contributed by atoms with Crippen LogP contribution in [0, 0.1) is 0 Å². The lowest BCUT2D eigenvalue weighted by molar-refractivity contribution is 0.0923. The van der Waals surface area contributed by atoms with Gasteiger partial charge in [0.05, 0.1) is 19.8 Å². The van der Waals surface area contributed by atoms with E-state index in [4.69, 9.17) is 21.1 Å². The average molecular weight is 286 g/mol. The zero-order valence-electron chi connectivity index (χ0n) is 11.2. The van der Waals surface area contributed by atoms with Crippen LogP contribution in [0.25, 0.3) is 0 Å². The van der Waals surface area contributed by atoms with E-state index >= 15 is 0 Å². The molecule has 0 radical (unpaired) electrons. The fraction of sp³-hybridized carbons (Fsp3) is 0.500. The van der Waals surface area contributed by atoms with Gasteiger partial charge >= 0.3 is 0 Å². The molecular formula is C14H20ClNO3. The summed E-state index contributed by atoms with van der Waals surface area (Å²) in [4.78, 5) is 11.9.